The number of aryl methyl sites for hydroxylation is 1. The number of hydrogen-bond acceptors (Lipinski definition) is 5. The summed E-state index contributed by atoms with van der Waals surface area (Å²) in [7, 11) is 1.66. The molecule has 0 saturated heterocycles. The molecular formula is C16H22ClN3O2S. The predicted octanol–water partition coefficient (Wildman–Crippen LogP) is 2.44. The number of hydrogen-bond donors (Lipinski definition) is 2. The lowest BCUT2D eigenvalue weighted by Gasteiger charge is -2.05. The van der Waals surface area contributed by atoms with Crippen LogP contribution in [0.15, 0.2) is 29.6 Å². The van der Waals surface area contributed by atoms with Gasteiger partial charge in [-0.05, 0) is 37.1 Å². The number of amides is 1. The minimum atomic E-state index is -0.120. The zero-order valence-corrected chi connectivity index (χ0v) is 14.7. The van der Waals surface area contributed by atoms with Gasteiger partial charge in [-0.2, -0.15) is 0 Å². The first kappa shape index (κ1) is 19.4. The molecule has 0 fully saturated rings. The minimum absolute atomic E-state index is 0. The Labute approximate surface area is 146 Å². The van der Waals surface area contributed by atoms with Crippen molar-refractivity contribution in [3.05, 3.63) is 45.9 Å². The molecule has 0 atom stereocenters. The number of nitrogens with one attached hydrogen (secondary N) is 1. The molecule has 5 nitrogen and oxygen atoms in total. The van der Waals surface area contributed by atoms with E-state index in [1.807, 2.05) is 18.2 Å². The number of carbonyl (C=O) groups excluding carboxylic acids is 1. The summed E-state index contributed by atoms with van der Waals surface area (Å²) in [6.45, 7) is 1.18. The van der Waals surface area contributed by atoms with Crippen LogP contribution in [0.5, 0.6) is 5.75 Å². The number of benzene rings is 1. The number of rotatable bonds is 8. The molecule has 1 heterocycles. The van der Waals surface area contributed by atoms with Crippen molar-refractivity contribution < 1.29 is 9.53 Å². The molecule has 2 aromatic rings. The van der Waals surface area contributed by atoms with Crippen molar-refractivity contribution in [3.63, 3.8) is 0 Å². The molecule has 0 saturated carbocycles. The van der Waals surface area contributed by atoms with E-state index in [-0.39, 0.29) is 18.3 Å². The Morgan fingerprint density at radius 3 is 2.96 bits per heavy atom. The van der Waals surface area contributed by atoms with Gasteiger partial charge in [-0.25, -0.2) is 4.98 Å². The molecular weight excluding hydrogens is 334 g/mol. The van der Waals surface area contributed by atoms with Gasteiger partial charge in [-0.15, -0.1) is 23.7 Å². The average molecular weight is 356 g/mol. The fourth-order valence-electron chi connectivity index (χ4n) is 2.07. The second-order valence-electron chi connectivity index (χ2n) is 4.88. The predicted molar refractivity (Wildman–Crippen MR) is 95.8 cm³/mol. The van der Waals surface area contributed by atoms with Gasteiger partial charge in [0.2, 0.25) is 0 Å². The van der Waals surface area contributed by atoms with Crippen LogP contribution in [0.25, 0.3) is 0 Å². The third kappa shape index (κ3) is 6.17. The Morgan fingerprint density at radius 2 is 2.22 bits per heavy atom. The largest absolute Gasteiger partial charge is 0.497 e. The molecule has 1 aromatic heterocycles. The van der Waals surface area contributed by atoms with E-state index in [9.17, 15) is 4.79 Å². The van der Waals surface area contributed by atoms with Gasteiger partial charge in [0, 0.05) is 18.3 Å². The van der Waals surface area contributed by atoms with Crippen LogP contribution in [-0.2, 0) is 12.8 Å². The lowest BCUT2D eigenvalue weighted by Crippen LogP contribution is -2.25. The van der Waals surface area contributed by atoms with Crippen LogP contribution < -0.4 is 15.8 Å². The van der Waals surface area contributed by atoms with E-state index in [4.69, 9.17) is 10.5 Å². The first-order chi connectivity index (χ1) is 10.7. The highest BCUT2D eigenvalue weighted by Crippen LogP contribution is 2.14. The molecule has 0 aliphatic rings. The Morgan fingerprint density at radius 1 is 1.39 bits per heavy atom. The number of aromatic nitrogens is 1. The van der Waals surface area contributed by atoms with Crippen LogP contribution in [0.2, 0.25) is 0 Å². The van der Waals surface area contributed by atoms with Gasteiger partial charge in [0.05, 0.1) is 12.1 Å². The van der Waals surface area contributed by atoms with E-state index >= 15 is 0 Å². The van der Waals surface area contributed by atoms with Crippen LogP contribution in [-0.4, -0.2) is 31.1 Å². The first-order valence-electron chi connectivity index (χ1n) is 7.28. The molecule has 3 N–H and O–H groups in total. The number of ether oxygens (including phenoxy) is 1. The van der Waals surface area contributed by atoms with E-state index < -0.39 is 0 Å². The van der Waals surface area contributed by atoms with Crippen molar-refractivity contribution in [2.75, 3.05) is 20.2 Å². The molecule has 0 spiro atoms. The van der Waals surface area contributed by atoms with Gasteiger partial charge in [-0.3, -0.25) is 4.79 Å². The quantitative estimate of drug-likeness (QED) is 0.713. The Kier molecular flexibility index (Phi) is 8.61. The van der Waals surface area contributed by atoms with Crippen molar-refractivity contribution in [2.24, 2.45) is 5.73 Å². The Balaban J connectivity index is 0.00000264. The number of halogens is 1. The Hall–Kier alpha value is -1.63. The summed E-state index contributed by atoms with van der Waals surface area (Å²) in [6.07, 6.45) is 2.49. The zero-order valence-electron chi connectivity index (χ0n) is 13.1. The fraction of sp³-hybridized carbons (Fsp3) is 0.375. The summed E-state index contributed by atoms with van der Waals surface area (Å²) in [5, 5.41) is 5.58. The SMILES string of the molecule is COc1cccc(CCCNC(=O)c2csc(CCN)n2)c1.Cl. The summed E-state index contributed by atoms with van der Waals surface area (Å²) >= 11 is 1.48. The number of thiazole rings is 1. The molecule has 7 heteroatoms. The molecule has 0 aliphatic carbocycles. The number of nitrogens with zero attached hydrogens (tertiary/aromatic N) is 1. The zero-order chi connectivity index (χ0) is 15.8. The standard InChI is InChI=1S/C16H21N3O2S.ClH/c1-21-13-6-2-4-12(10-13)5-3-9-18-16(20)14-11-22-15(19-14)7-8-17;/h2,4,6,10-11H,3,5,7-9,17H2,1H3,(H,18,20);1H. The minimum Gasteiger partial charge on any atom is -0.497 e. The van der Waals surface area contributed by atoms with Crippen molar-refractivity contribution in [1.82, 2.24) is 10.3 Å². The molecule has 23 heavy (non-hydrogen) atoms. The van der Waals surface area contributed by atoms with Gasteiger partial charge in [0.25, 0.3) is 5.91 Å². The van der Waals surface area contributed by atoms with Crippen LogP contribution >= 0.6 is 23.7 Å². The highest BCUT2D eigenvalue weighted by molar-refractivity contribution is 7.09. The average Bonchev–Trinajstić information content (AvgIpc) is 3.01. The number of nitrogens with two attached hydrogens (primary N) is 1. The van der Waals surface area contributed by atoms with Crippen molar-refractivity contribution in [3.8, 4) is 5.75 Å². The normalized spacial score (nSPS) is 10.0. The molecule has 0 bridgehead atoms. The molecule has 0 aliphatic heterocycles. The van der Waals surface area contributed by atoms with Crippen LogP contribution in [0, 0.1) is 0 Å². The van der Waals surface area contributed by atoms with Gasteiger partial charge < -0.3 is 15.8 Å². The third-order valence-corrected chi connectivity index (χ3v) is 4.11. The maximum atomic E-state index is 12.0. The second-order valence-corrected chi connectivity index (χ2v) is 5.82. The second kappa shape index (κ2) is 10.2. The first-order valence-corrected chi connectivity index (χ1v) is 8.16. The number of carbonyl (C=O) groups is 1. The Bertz CT molecular complexity index is 619. The lowest BCUT2D eigenvalue weighted by molar-refractivity contribution is 0.0948. The maximum Gasteiger partial charge on any atom is 0.270 e. The van der Waals surface area contributed by atoms with Gasteiger partial charge >= 0.3 is 0 Å². The summed E-state index contributed by atoms with van der Waals surface area (Å²) < 4.78 is 5.19. The monoisotopic (exact) mass is 355 g/mol. The van der Waals surface area contributed by atoms with E-state index in [1.165, 1.54) is 16.9 Å². The smallest absolute Gasteiger partial charge is 0.270 e. The van der Waals surface area contributed by atoms with Gasteiger partial charge in [0.1, 0.15) is 11.4 Å². The van der Waals surface area contributed by atoms with Gasteiger partial charge in [0.15, 0.2) is 0 Å². The summed E-state index contributed by atoms with van der Waals surface area (Å²) in [5.41, 5.74) is 7.16. The molecule has 126 valence electrons. The third-order valence-electron chi connectivity index (χ3n) is 3.20. The highest BCUT2D eigenvalue weighted by atomic mass is 35.5. The molecule has 1 amide bonds. The maximum absolute atomic E-state index is 12.0. The molecule has 0 radical (unpaired) electrons. The molecule has 1 aromatic carbocycles. The highest BCUT2D eigenvalue weighted by Gasteiger charge is 2.09. The number of methoxy groups -OCH3 is 1. The summed E-state index contributed by atoms with van der Waals surface area (Å²) in [5.74, 6) is 0.738. The lowest BCUT2D eigenvalue weighted by atomic mass is 10.1. The fourth-order valence-corrected chi connectivity index (χ4v) is 2.86. The van der Waals surface area contributed by atoms with Crippen molar-refractivity contribution in [1.29, 1.82) is 0 Å². The molecule has 2 rings (SSSR count). The summed E-state index contributed by atoms with van der Waals surface area (Å²) in [4.78, 5) is 16.2. The van der Waals surface area contributed by atoms with E-state index in [0.29, 0.717) is 25.2 Å². The van der Waals surface area contributed by atoms with Crippen LogP contribution in [0.4, 0.5) is 0 Å². The molecule has 0 unspecified atom stereocenters. The summed E-state index contributed by atoms with van der Waals surface area (Å²) in [6, 6.07) is 7.97. The van der Waals surface area contributed by atoms with Crippen molar-refractivity contribution >= 4 is 29.7 Å². The van der Waals surface area contributed by atoms with Crippen molar-refractivity contribution in [2.45, 2.75) is 19.3 Å². The van der Waals surface area contributed by atoms with E-state index in [0.717, 1.165) is 23.6 Å². The van der Waals surface area contributed by atoms with Gasteiger partial charge in [-0.1, -0.05) is 12.1 Å². The topological polar surface area (TPSA) is 77.2 Å². The van der Waals surface area contributed by atoms with E-state index in [1.54, 1.807) is 12.5 Å². The van der Waals surface area contributed by atoms with Crippen LogP contribution in [0.3, 0.4) is 0 Å². The van der Waals surface area contributed by atoms with Crippen LogP contribution in [0.1, 0.15) is 27.5 Å². The van der Waals surface area contributed by atoms with E-state index in [2.05, 4.69) is 16.4 Å².